The first-order valence-electron chi connectivity index (χ1n) is 7.22. The van der Waals surface area contributed by atoms with Gasteiger partial charge in [0.25, 0.3) is 0 Å². The van der Waals surface area contributed by atoms with Gasteiger partial charge < -0.3 is 9.31 Å². The molecule has 1 atom stereocenters. The van der Waals surface area contributed by atoms with E-state index < -0.39 is 10.0 Å². The Bertz CT molecular complexity index is 640. The molecule has 0 aromatic heterocycles. The standard InChI is InChI=1S/C15H22BNO4S/c1-12-11-15(2,3)21-16(20-12)10-9-13-5-7-14(8-6-13)17-22(4,18)19/h5-10,12,17H,11H2,1-4H3. The van der Waals surface area contributed by atoms with E-state index in [0.29, 0.717) is 5.69 Å². The Morgan fingerprint density at radius 3 is 2.50 bits per heavy atom. The molecule has 22 heavy (non-hydrogen) atoms. The predicted octanol–water partition coefficient (Wildman–Crippen LogP) is 2.70. The fourth-order valence-corrected chi connectivity index (χ4v) is 3.07. The lowest BCUT2D eigenvalue weighted by atomic mass is 9.82. The molecule has 0 aliphatic carbocycles. The Labute approximate surface area is 132 Å². The summed E-state index contributed by atoms with van der Waals surface area (Å²) in [5.74, 6) is 1.87. The zero-order valence-electron chi connectivity index (χ0n) is 13.4. The van der Waals surface area contributed by atoms with E-state index in [0.717, 1.165) is 18.2 Å². The van der Waals surface area contributed by atoms with E-state index in [1.807, 2.05) is 31.1 Å². The van der Waals surface area contributed by atoms with Crippen molar-refractivity contribution in [2.75, 3.05) is 11.0 Å². The van der Waals surface area contributed by atoms with Gasteiger partial charge in [0.15, 0.2) is 0 Å². The van der Waals surface area contributed by atoms with Crippen molar-refractivity contribution < 1.29 is 17.7 Å². The molecular formula is C15H22BNO4S. The summed E-state index contributed by atoms with van der Waals surface area (Å²) in [7, 11) is -3.61. The quantitative estimate of drug-likeness (QED) is 0.865. The van der Waals surface area contributed by atoms with E-state index in [4.69, 9.17) is 9.31 Å². The van der Waals surface area contributed by atoms with E-state index in [1.165, 1.54) is 0 Å². The van der Waals surface area contributed by atoms with Crippen molar-refractivity contribution in [3.05, 3.63) is 35.8 Å². The molecule has 0 spiro atoms. The average molecular weight is 323 g/mol. The predicted molar refractivity (Wildman–Crippen MR) is 90.0 cm³/mol. The maximum atomic E-state index is 11.2. The van der Waals surface area contributed by atoms with Gasteiger partial charge in [0.1, 0.15) is 0 Å². The molecule has 1 N–H and O–H groups in total. The summed E-state index contributed by atoms with van der Waals surface area (Å²) in [5.41, 5.74) is 1.29. The van der Waals surface area contributed by atoms with Gasteiger partial charge in [-0.05, 0) is 44.9 Å². The molecule has 1 aliphatic rings. The van der Waals surface area contributed by atoms with Gasteiger partial charge in [-0.15, -0.1) is 0 Å². The Kier molecular flexibility index (Phi) is 4.99. The molecular weight excluding hydrogens is 301 g/mol. The lowest BCUT2D eigenvalue weighted by molar-refractivity contribution is -0.0235. The average Bonchev–Trinajstić information content (AvgIpc) is 2.33. The minimum absolute atomic E-state index is 0.153. The fourth-order valence-electron chi connectivity index (χ4n) is 2.51. The van der Waals surface area contributed by atoms with E-state index in [1.54, 1.807) is 12.1 Å². The summed E-state index contributed by atoms with van der Waals surface area (Å²) in [6, 6.07) is 7.11. The third-order valence-electron chi connectivity index (χ3n) is 3.24. The molecule has 2 rings (SSSR count). The Hall–Kier alpha value is -1.31. The van der Waals surface area contributed by atoms with E-state index >= 15 is 0 Å². The Morgan fingerprint density at radius 1 is 1.32 bits per heavy atom. The number of hydrogen-bond acceptors (Lipinski definition) is 4. The van der Waals surface area contributed by atoms with Gasteiger partial charge >= 0.3 is 7.12 Å². The molecule has 1 aliphatic heterocycles. The second-order valence-electron chi connectivity index (χ2n) is 6.25. The third kappa shape index (κ3) is 5.48. The van der Waals surface area contributed by atoms with Crippen molar-refractivity contribution in [3.63, 3.8) is 0 Å². The van der Waals surface area contributed by atoms with E-state index in [2.05, 4.69) is 18.6 Å². The summed E-state index contributed by atoms with van der Waals surface area (Å²) in [5, 5.41) is 0. The molecule has 120 valence electrons. The summed E-state index contributed by atoms with van der Waals surface area (Å²) < 4.78 is 36.3. The van der Waals surface area contributed by atoms with Crippen LogP contribution in [0.1, 0.15) is 32.8 Å². The number of rotatable bonds is 4. The van der Waals surface area contributed by atoms with Gasteiger partial charge in [-0.1, -0.05) is 24.2 Å². The minimum atomic E-state index is -3.25. The van der Waals surface area contributed by atoms with Crippen molar-refractivity contribution in [3.8, 4) is 0 Å². The summed E-state index contributed by atoms with van der Waals surface area (Å²) in [6.45, 7) is 6.15. The molecule has 0 amide bonds. The largest absolute Gasteiger partial charge is 0.486 e. The van der Waals surface area contributed by atoms with Gasteiger partial charge in [-0.2, -0.15) is 0 Å². The van der Waals surface area contributed by atoms with Crippen LogP contribution in [0, 0.1) is 0 Å². The van der Waals surface area contributed by atoms with Crippen LogP contribution < -0.4 is 4.72 Å². The summed E-state index contributed by atoms with van der Waals surface area (Å²) in [4.78, 5) is 0. The summed E-state index contributed by atoms with van der Waals surface area (Å²) >= 11 is 0. The molecule has 1 fully saturated rings. The highest BCUT2D eigenvalue weighted by Crippen LogP contribution is 2.26. The first-order valence-corrected chi connectivity index (χ1v) is 9.11. The Balaban J connectivity index is 2.01. The van der Waals surface area contributed by atoms with Crippen LogP contribution >= 0.6 is 0 Å². The number of sulfonamides is 1. The molecule has 0 saturated carbocycles. The highest BCUT2D eigenvalue weighted by atomic mass is 32.2. The molecule has 1 heterocycles. The molecule has 7 heteroatoms. The molecule has 0 radical (unpaired) electrons. The molecule has 1 aromatic carbocycles. The van der Waals surface area contributed by atoms with Gasteiger partial charge in [0.2, 0.25) is 10.0 Å². The normalized spacial score (nSPS) is 22.0. The smallest absolute Gasteiger partial charge is 0.405 e. The van der Waals surface area contributed by atoms with Crippen LogP contribution in [0.25, 0.3) is 6.08 Å². The van der Waals surface area contributed by atoms with Crippen LogP contribution in [0.15, 0.2) is 30.2 Å². The second-order valence-corrected chi connectivity index (χ2v) is 8.00. The number of hydrogen-bond donors (Lipinski definition) is 1. The second kappa shape index (κ2) is 6.44. The topological polar surface area (TPSA) is 64.6 Å². The first kappa shape index (κ1) is 17.1. The van der Waals surface area contributed by atoms with Crippen LogP contribution in [-0.4, -0.2) is 33.5 Å². The SMILES string of the molecule is CC1CC(C)(C)OB(C=Cc2ccc(NS(C)(=O)=O)cc2)O1. The number of anilines is 1. The van der Waals surface area contributed by atoms with Crippen LogP contribution in [-0.2, 0) is 19.3 Å². The molecule has 0 bridgehead atoms. The van der Waals surface area contributed by atoms with E-state index in [9.17, 15) is 8.42 Å². The highest BCUT2D eigenvalue weighted by molar-refractivity contribution is 7.92. The molecule has 1 aromatic rings. The highest BCUT2D eigenvalue weighted by Gasteiger charge is 2.35. The maximum Gasteiger partial charge on any atom is 0.486 e. The molecule has 5 nitrogen and oxygen atoms in total. The van der Waals surface area contributed by atoms with E-state index in [-0.39, 0.29) is 18.8 Å². The zero-order valence-corrected chi connectivity index (χ0v) is 14.2. The zero-order chi connectivity index (χ0) is 16.4. The number of nitrogens with one attached hydrogen (secondary N) is 1. The Morgan fingerprint density at radius 2 is 1.95 bits per heavy atom. The van der Waals surface area contributed by atoms with Crippen molar-refractivity contribution in [1.29, 1.82) is 0 Å². The van der Waals surface area contributed by atoms with Crippen LogP contribution in [0.3, 0.4) is 0 Å². The van der Waals surface area contributed by atoms with Crippen molar-refractivity contribution >= 4 is 28.9 Å². The lowest BCUT2D eigenvalue weighted by Gasteiger charge is -2.37. The van der Waals surface area contributed by atoms with Crippen LogP contribution in [0.4, 0.5) is 5.69 Å². The number of benzene rings is 1. The van der Waals surface area contributed by atoms with Crippen LogP contribution in [0.5, 0.6) is 0 Å². The maximum absolute atomic E-state index is 11.2. The summed E-state index contributed by atoms with van der Waals surface area (Å²) in [6.07, 6.45) is 4.05. The lowest BCUT2D eigenvalue weighted by Crippen LogP contribution is -2.45. The van der Waals surface area contributed by atoms with Crippen molar-refractivity contribution in [2.45, 2.75) is 38.9 Å². The van der Waals surface area contributed by atoms with Gasteiger partial charge in [-0.25, -0.2) is 8.42 Å². The molecule has 1 unspecified atom stereocenters. The third-order valence-corrected chi connectivity index (χ3v) is 3.85. The van der Waals surface area contributed by atoms with Gasteiger partial charge in [0.05, 0.1) is 11.9 Å². The molecule has 1 saturated heterocycles. The fraction of sp³-hybridized carbons (Fsp3) is 0.467. The van der Waals surface area contributed by atoms with Gasteiger partial charge in [0, 0.05) is 11.8 Å². The van der Waals surface area contributed by atoms with Gasteiger partial charge in [-0.3, -0.25) is 4.72 Å². The first-order chi connectivity index (χ1) is 10.1. The van der Waals surface area contributed by atoms with Crippen molar-refractivity contribution in [2.24, 2.45) is 0 Å². The van der Waals surface area contributed by atoms with Crippen LogP contribution in [0.2, 0.25) is 0 Å². The monoisotopic (exact) mass is 323 g/mol. The van der Waals surface area contributed by atoms with Crippen molar-refractivity contribution in [1.82, 2.24) is 0 Å². The minimum Gasteiger partial charge on any atom is -0.405 e.